The fraction of sp³-hybridized carbons (Fsp3) is 0.235. The number of Topliss-reactive ketones (excluding diaryl/α,β-unsaturated/α-hetero) is 1. The molecule has 0 saturated heterocycles. The molecule has 0 fully saturated rings. The van der Waals surface area contributed by atoms with Crippen molar-refractivity contribution >= 4 is 21.7 Å². The smallest absolute Gasteiger partial charge is 0.170 e. The van der Waals surface area contributed by atoms with Crippen LogP contribution in [0.2, 0.25) is 0 Å². The van der Waals surface area contributed by atoms with Gasteiger partial charge in [-0.05, 0) is 35.9 Å². The van der Waals surface area contributed by atoms with Gasteiger partial charge in [-0.1, -0.05) is 22.0 Å². The fourth-order valence-electron chi connectivity index (χ4n) is 2.74. The number of carbonyl (C=O) groups is 1. The van der Waals surface area contributed by atoms with Gasteiger partial charge >= 0.3 is 0 Å². The Kier molecular flexibility index (Phi) is 3.30. The number of hydrogen-bond donors (Lipinski definition) is 0. The number of carbonyl (C=O) groups excluding carboxylic acids is 1. The van der Waals surface area contributed by atoms with Crippen LogP contribution in [-0.2, 0) is 0 Å². The van der Waals surface area contributed by atoms with Crippen molar-refractivity contribution in [1.29, 1.82) is 0 Å². The SMILES string of the molecule is O=C1C[C@@H](c2ccc3c(c2)OCCO3)Oc2ccc(Br)cc21. The zero-order chi connectivity index (χ0) is 15.1. The number of rotatable bonds is 1. The van der Waals surface area contributed by atoms with Gasteiger partial charge in [0.2, 0.25) is 0 Å². The van der Waals surface area contributed by atoms with Crippen molar-refractivity contribution in [3.8, 4) is 17.2 Å². The van der Waals surface area contributed by atoms with E-state index >= 15 is 0 Å². The van der Waals surface area contributed by atoms with Gasteiger partial charge < -0.3 is 14.2 Å². The van der Waals surface area contributed by atoms with Gasteiger partial charge in [-0.15, -0.1) is 0 Å². The number of benzene rings is 2. The Bertz CT molecular complexity index is 756. The van der Waals surface area contributed by atoms with E-state index in [4.69, 9.17) is 14.2 Å². The van der Waals surface area contributed by atoms with Crippen LogP contribution in [0, 0.1) is 0 Å². The zero-order valence-electron chi connectivity index (χ0n) is 11.7. The number of halogens is 1. The second-order valence-electron chi connectivity index (χ2n) is 5.28. The van der Waals surface area contributed by atoms with E-state index in [1.807, 2.05) is 30.3 Å². The third-order valence-electron chi connectivity index (χ3n) is 3.82. The molecule has 2 aliphatic rings. The van der Waals surface area contributed by atoms with Crippen LogP contribution in [0.4, 0.5) is 0 Å². The molecule has 1 atom stereocenters. The van der Waals surface area contributed by atoms with Crippen molar-refractivity contribution in [2.45, 2.75) is 12.5 Å². The fourth-order valence-corrected chi connectivity index (χ4v) is 3.10. The van der Waals surface area contributed by atoms with Gasteiger partial charge in [0.1, 0.15) is 25.1 Å². The zero-order valence-corrected chi connectivity index (χ0v) is 13.3. The Morgan fingerprint density at radius 2 is 1.73 bits per heavy atom. The van der Waals surface area contributed by atoms with Crippen LogP contribution in [0.3, 0.4) is 0 Å². The molecule has 0 saturated carbocycles. The van der Waals surface area contributed by atoms with Crippen molar-refractivity contribution in [2.75, 3.05) is 13.2 Å². The summed E-state index contributed by atoms with van der Waals surface area (Å²) in [5.41, 5.74) is 1.55. The predicted octanol–water partition coefficient (Wildman–Crippen LogP) is 3.93. The summed E-state index contributed by atoms with van der Waals surface area (Å²) in [5.74, 6) is 2.16. The van der Waals surface area contributed by atoms with Crippen LogP contribution >= 0.6 is 15.9 Å². The minimum Gasteiger partial charge on any atom is -0.486 e. The Balaban J connectivity index is 1.67. The van der Waals surface area contributed by atoms with Crippen LogP contribution in [-0.4, -0.2) is 19.0 Å². The molecule has 0 unspecified atom stereocenters. The predicted molar refractivity (Wildman–Crippen MR) is 83.9 cm³/mol. The molecule has 4 nitrogen and oxygen atoms in total. The summed E-state index contributed by atoms with van der Waals surface area (Å²) < 4.78 is 18.0. The van der Waals surface area contributed by atoms with Crippen LogP contribution in [0.25, 0.3) is 0 Å². The van der Waals surface area contributed by atoms with Crippen molar-refractivity contribution in [3.63, 3.8) is 0 Å². The van der Waals surface area contributed by atoms with E-state index in [-0.39, 0.29) is 11.9 Å². The maximum atomic E-state index is 12.4. The first-order valence-electron chi connectivity index (χ1n) is 7.10. The van der Waals surface area contributed by atoms with E-state index in [1.165, 1.54) is 0 Å². The highest BCUT2D eigenvalue weighted by molar-refractivity contribution is 9.10. The second-order valence-corrected chi connectivity index (χ2v) is 6.19. The van der Waals surface area contributed by atoms with Crippen molar-refractivity contribution in [1.82, 2.24) is 0 Å². The lowest BCUT2D eigenvalue weighted by Crippen LogP contribution is -2.21. The summed E-state index contributed by atoms with van der Waals surface area (Å²) in [7, 11) is 0. The standard InChI is InChI=1S/C17H13BrO4/c18-11-2-4-14-12(8-11)13(19)9-16(22-14)10-1-3-15-17(7-10)21-6-5-20-15/h1-4,7-8,16H,5-6,9H2/t16-/m0/s1. The second kappa shape index (κ2) is 5.32. The number of ether oxygens (including phenoxy) is 3. The number of ketones is 1. The van der Waals surface area contributed by atoms with Crippen LogP contribution in [0.1, 0.15) is 28.4 Å². The van der Waals surface area contributed by atoms with Gasteiger partial charge in [0.25, 0.3) is 0 Å². The summed E-state index contributed by atoms with van der Waals surface area (Å²) in [6.45, 7) is 1.10. The Morgan fingerprint density at radius 1 is 0.955 bits per heavy atom. The minimum atomic E-state index is -0.294. The molecule has 0 spiro atoms. The van der Waals surface area contributed by atoms with Crippen LogP contribution < -0.4 is 14.2 Å². The highest BCUT2D eigenvalue weighted by Gasteiger charge is 2.28. The molecule has 4 rings (SSSR count). The maximum Gasteiger partial charge on any atom is 0.170 e. The summed E-state index contributed by atoms with van der Waals surface area (Å²) in [6, 6.07) is 11.2. The lowest BCUT2D eigenvalue weighted by atomic mass is 9.96. The summed E-state index contributed by atoms with van der Waals surface area (Å²) >= 11 is 3.38. The quantitative estimate of drug-likeness (QED) is 0.772. The molecule has 112 valence electrons. The van der Waals surface area contributed by atoms with E-state index in [2.05, 4.69) is 15.9 Å². The van der Waals surface area contributed by atoms with Crippen molar-refractivity contribution in [2.24, 2.45) is 0 Å². The van der Waals surface area contributed by atoms with Gasteiger partial charge in [-0.2, -0.15) is 0 Å². The molecule has 2 aromatic carbocycles. The minimum absolute atomic E-state index is 0.0856. The molecule has 0 bridgehead atoms. The lowest BCUT2D eigenvalue weighted by molar-refractivity contribution is 0.0849. The molecular weight excluding hydrogens is 348 g/mol. The first kappa shape index (κ1) is 13.6. The van der Waals surface area contributed by atoms with E-state index < -0.39 is 0 Å². The van der Waals surface area contributed by atoms with Gasteiger partial charge in [0.05, 0.1) is 12.0 Å². The average molecular weight is 361 g/mol. The van der Waals surface area contributed by atoms with Gasteiger partial charge in [0.15, 0.2) is 17.3 Å². The van der Waals surface area contributed by atoms with Gasteiger partial charge in [-0.25, -0.2) is 0 Å². The molecule has 0 N–H and O–H groups in total. The molecule has 2 heterocycles. The van der Waals surface area contributed by atoms with Crippen LogP contribution in [0.15, 0.2) is 40.9 Å². The monoisotopic (exact) mass is 360 g/mol. The first-order valence-corrected chi connectivity index (χ1v) is 7.89. The average Bonchev–Trinajstić information content (AvgIpc) is 2.55. The molecule has 2 aliphatic heterocycles. The lowest BCUT2D eigenvalue weighted by Gasteiger charge is -2.27. The highest BCUT2D eigenvalue weighted by Crippen LogP contribution is 2.39. The topological polar surface area (TPSA) is 44.8 Å². The summed E-state index contributed by atoms with van der Waals surface area (Å²) in [6.07, 6.45) is 0.0281. The molecule has 22 heavy (non-hydrogen) atoms. The molecule has 0 aromatic heterocycles. The Hall–Kier alpha value is -2.01. The van der Waals surface area contributed by atoms with Crippen molar-refractivity contribution in [3.05, 3.63) is 52.0 Å². The highest BCUT2D eigenvalue weighted by atomic mass is 79.9. The molecule has 0 aliphatic carbocycles. The Morgan fingerprint density at radius 3 is 2.59 bits per heavy atom. The molecule has 5 heteroatoms. The Labute approximate surface area is 136 Å². The van der Waals surface area contributed by atoms with Crippen molar-refractivity contribution < 1.29 is 19.0 Å². The van der Waals surface area contributed by atoms with Gasteiger partial charge in [-0.3, -0.25) is 4.79 Å². The third kappa shape index (κ3) is 2.35. The summed E-state index contributed by atoms with van der Waals surface area (Å²) in [4.78, 5) is 12.4. The van der Waals surface area contributed by atoms with Gasteiger partial charge in [0, 0.05) is 4.47 Å². The maximum absolute atomic E-state index is 12.4. The first-order chi connectivity index (χ1) is 10.7. The molecular formula is C17H13BrO4. The summed E-state index contributed by atoms with van der Waals surface area (Å²) in [5, 5.41) is 0. The van der Waals surface area contributed by atoms with E-state index in [9.17, 15) is 4.79 Å². The van der Waals surface area contributed by atoms with E-state index in [0.717, 1.165) is 15.8 Å². The number of fused-ring (bicyclic) bond motifs is 2. The largest absolute Gasteiger partial charge is 0.486 e. The van der Waals surface area contributed by atoms with E-state index in [0.29, 0.717) is 36.7 Å². The van der Waals surface area contributed by atoms with E-state index in [1.54, 1.807) is 6.07 Å². The normalized spacial score (nSPS) is 19.3. The van der Waals surface area contributed by atoms with Crippen LogP contribution in [0.5, 0.6) is 17.2 Å². The molecule has 0 radical (unpaired) electrons. The number of hydrogen-bond acceptors (Lipinski definition) is 4. The molecule has 2 aromatic rings. The third-order valence-corrected chi connectivity index (χ3v) is 4.31. The molecule has 0 amide bonds.